The van der Waals surface area contributed by atoms with Crippen LogP contribution in [-0.4, -0.2) is 25.0 Å². The summed E-state index contributed by atoms with van der Waals surface area (Å²) in [7, 11) is 0. The average molecular weight is 342 g/mol. The van der Waals surface area contributed by atoms with Crippen LogP contribution in [0.5, 0.6) is 17.4 Å². The molecule has 0 amide bonds. The van der Waals surface area contributed by atoms with Crippen molar-refractivity contribution in [3.8, 4) is 40.2 Å². The maximum Gasteiger partial charge on any atom is 0.219 e. The minimum Gasteiger partial charge on any atom is -0.507 e. The number of aromatic hydroxyl groups is 1. The molecule has 6 nitrogen and oxygen atoms in total. The fourth-order valence-corrected chi connectivity index (χ4v) is 2.45. The van der Waals surface area contributed by atoms with Gasteiger partial charge in [-0.1, -0.05) is 30.3 Å². The Morgan fingerprint density at radius 1 is 0.769 bits per heavy atom. The molecule has 0 bridgehead atoms. The van der Waals surface area contributed by atoms with Gasteiger partial charge in [0.25, 0.3) is 0 Å². The van der Waals surface area contributed by atoms with Gasteiger partial charge in [-0.15, -0.1) is 0 Å². The number of benzene rings is 2. The van der Waals surface area contributed by atoms with Crippen LogP contribution in [0.2, 0.25) is 0 Å². The van der Waals surface area contributed by atoms with E-state index in [0.717, 1.165) is 5.56 Å². The van der Waals surface area contributed by atoms with E-state index < -0.39 is 0 Å². The molecule has 2 heterocycles. The zero-order valence-corrected chi connectivity index (χ0v) is 13.6. The Balaban J connectivity index is 1.67. The fourth-order valence-electron chi connectivity index (χ4n) is 2.45. The third-order valence-corrected chi connectivity index (χ3v) is 3.67. The third kappa shape index (κ3) is 3.34. The van der Waals surface area contributed by atoms with Crippen molar-refractivity contribution >= 4 is 0 Å². The zero-order chi connectivity index (χ0) is 17.8. The van der Waals surface area contributed by atoms with Crippen molar-refractivity contribution in [1.29, 1.82) is 0 Å². The van der Waals surface area contributed by atoms with Crippen LogP contribution in [0.4, 0.5) is 0 Å². The van der Waals surface area contributed by atoms with Gasteiger partial charge in [-0.3, -0.25) is 0 Å². The van der Waals surface area contributed by atoms with Crippen molar-refractivity contribution in [1.82, 2.24) is 19.9 Å². The second-order valence-electron chi connectivity index (χ2n) is 5.45. The lowest BCUT2D eigenvalue weighted by molar-refractivity contribution is 0.463. The highest BCUT2D eigenvalue weighted by molar-refractivity contribution is 5.66. The number of rotatable bonds is 4. The van der Waals surface area contributed by atoms with Gasteiger partial charge in [0.1, 0.15) is 17.8 Å². The molecule has 26 heavy (non-hydrogen) atoms. The molecule has 0 aliphatic rings. The van der Waals surface area contributed by atoms with Crippen LogP contribution in [0, 0.1) is 0 Å². The smallest absolute Gasteiger partial charge is 0.219 e. The van der Waals surface area contributed by atoms with E-state index in [0.29, 0.717) is 28.8 Å². The lowest BCUT2D eigenvalue weighted by Gasteiger charge is -2.07. The molecule has 0 saturated carbocycles. The van der Waals surface area contributed by atoms with E-state index in [9.17, 15) is 5.11 Å². The SMILES string of the molecule is Oc1ccccc1-c1ncnc(-c2cccc(Oc3ccccn3)c2)n1. The van der Waals surface area contributed by atoms with Crippen molar-refractivity contribution in [3.05, 3.63) is 79.3 Å². The number of hydrogen-bond donors (Lipinski definition) is 1. The molecule has 2 aromatic heterocycles. The third-order valence-electron chi connectivity index (χ3n) is 3.67. The van der Waals surface area contributed by atoms with Gasteiger partial charge in [-0.05, 0) is 30.3 Å². The predicted octanol–water partition coefficient (Wildman–Crippen LogP) is 4.10. The summed E-state index contributed by atoms with van der Waals surface area (Å²) >= 11 is 0. The number of nitrogens with zero attached hydrogens (tertiary/aromatic N) is 4. The molecular weight excluding hydrogens is 328 g/mol. The lowest BCUT2D eigenvalue weighted by Crippen LogP contribution is -1.96. The Morgan fingerprint density at radius 3 is 2.46 bits per heavy atom. The van der Waals surface area contributed by atoms with Gasteiger partial charge in [0.05, 0.1) is 5.56 Å². The van der Waals surface area contributed by atoms with E-state index in [1.54, 1.807) is 30.5 Å². The monoisotopic (exact) mass is 342 g/mol. The molecule has 1 N–H and O–H groups in total. The van der Waals surface area contributed by atoms with E-state index in [2.05, 4.69) is 19.9 Å². The Morgan fingerprint density at radius 2 is 1.62 bits per heavy atom. The maximum absolute atomic E-state index is 10.0. The quantitative estimate of drug-likeness (QED) is 0.601. The van der Waals surface area contributed by atoms with Crippen LogP contribution in [0.3, 0.4) is 0 Å². The van der Waals surface area contributed by atoms with Gasteiger partial charge in [0, 0.05) is 17.8 Å². The Kier molecular flexibility index (Phi) is 4.22. The average Bonchev–Trinajstić information content (AvgIpc) is 2.69. The number of ether oxygens (including phenoxy) is 1. The first kappa shape index (κ1) is 15.7. The molecule has 0 aliphatic carbocycles. The van der Waals surface area contributed by atoms with E-state index in [1.807, 2.05) is 42.5 Å². The van der Waals surface area contributed by atoms with Gasteiger partial charge in [0.2, 0.25) is 5.88 Å². The molecule has 2 aromatic carbocycles. The van der Waals surface area contributed by atoms with E-state index in [1.165, 1.54) is 6.33 Å². The second-order valence-corrected chi connectivity index (χ2v) is 5.45. The molecule has 0 spiro atoms. The van der Waals surface area contributed by atoms with Crippen molar-refractivity contribution in [2.45, 2.75) is 0 Å². The molecule has 4 aromatic rings. The van der Waals surface area contributed by atoms with Crippen LogP contribution in [-0.2, 0) is 0 Å². The predicted molar refractivity (Wildman–Crippen MR) is 96.7 cm³/mol. The molecule has 0 radical (unpaired) electrons. The number of pyridine rings is 1. The summed E-state index contributed by atoms with van der Waals surface area (Å²) in [6, 6.07) is 19.8. The summed E-state index contributed by atoms with van der Waals surface area (Å²) in [6.07, 6.45) is 3.10. The Labute approximate surface area is 149 Å². The summed E-state index contributed by atoms with van der Waals surface area (Å²) in [6.45, 7) is 0. The topological polar surface area (TPSA) is 81.0 Å². The largest absolute Gasteiger partial charge is 0.507 e. The van der Waals surface area contributed by atoms with Crippen molar-refractivity contribution < 1.29 is 9.84 Å². The fraction of sp³-hybridized carbons (Fsp3) is 0. The van der Waals surface area contributed by atoms with Gasteiger partial charge >= 0.3 is 0 Å². The minimum absolute atomic E-state index is 0.122. The highest BCUT2D eigenvalue weighted by Crippen LogP contribution is 2.28. The summed E-state index contributed by atoms with van der Waals surface area (Å²) in [5.74, 6) is 2.16. The Hall–Kier alpha value is -3.80. The molecular formula is C20H14N4O2. The first-order valence-corrected chi connectivity index (χ1v) is 7.96. The van der Waals surface area contributed by atoms with Crippen molar-refractivity contribution in [2.75, 3.05) is 0 Å². The maximum atomic E-state index is 10.0. The number of phenols is 1. The van der Waals surface area contributed by atoms with E-state index >= 15 is 0 Å². The molecule has 0 unspecified atom stereocenters. The molecule has 0 aliphatic heterocycles. The zero-order valence-electron chi connectivity index (χ0n) is 13.6. The van der Waals surface area contributed by atoms with Gasteiger partial charge < -0.3 is 9.84 Å². The number of aromatic nitrogens is 4. The van der Waals surface area contributed by atoms with E-state index in [4.69, 9.17) is 4.74 Å². The van der Waals surface area contributed by atoms with Gasteiger partial charge in [0.15, 0.2) is 11.6 Å². The van der Waals surface area contributed by atoms with Crippen LogP contribution in [0.15, 0.2) is 79.3 Å². The second kappa shape index (κ2) is 6.98. The summed E-state index contributed by atoms with van der Waals surface area (Å²) < 4.78 is 5.75. The number of para-hydroxylation sites is 1. The lowest BCUT2D eigenvalue weighted by atomic mass is 10.1. The molecule has 0 saturated heterocycles. The molecule has 126 valence electrons. The van der Waals surface area contributed by atoms with Crippen LogP contribution >= 0.6 is 0 Å². The van der Waals surface area contributed by atoms with Crippen LogP contribution in [0.1, 0.15) is 0 Å². The van der Waals surface area contributed by atoms with Crippen molar-refractivity contribution in [2.24, 2.45) is 0 Å². The van der Waals surface area contributed by atoms with Crippen molar-refractivity contribution in [3.63, 3.8) is 0 Å². The number of phenolic OH excluding ortho intramolecular Hbond substituents is 1. The normalized spacial score (nSPS) is 10.5. The van der Waals surface area contributed by atoms with Crippen LogP contribution in [0.25, 0.3) is 22.8 Å². The van der Waals surface area contributed by atoms with E-state index in [-0.39, 0.29) is 5.75 Å². The molecule has 4 rings (SSSR count). The highest BCUT2D eigenvalue weighted by atomic mass is 16.5. The minimum atomic E-state index is 0.122. The first-order chi connectivity index (χ1) is 12.8. The molecule has 6 heteroatoms. The summed E-state index contributed by atoms with van der Waals surface area (Å²) in [4.78, 5) is 17.0. The molecule has 0 fully saturated rings. The highest BCUT2D eigenvalue weighted by Gasteiger charge is 2.10. The van der Waals surface area contributed by atoms with Gasteiger partial charge in [-0.25, -0.2) is 19.9 Å². The Bertz CT molecular complexity index is 1040. The summed E-state index contributed by atoms with van der Waals surface area (Å²) in [5, 5.41) is 10.0. The summed E-state index contributed by atoms with van der Waals surface area (Å²) in [5.41, 5.74) is 1.33. The number of hydrogen-bond acceptors (Lipinski definition) is 6. The van der Waals surface area contributed by atoms with Gasteiger partial charge in [-0.2, -0.15) is 0 Å². The van der Waals surface area contributed by atoms with Crippen LogP contribution < -0.4 is 4.74 Å². The first-order valence-electron chi connectivity index (χ1n) is 7.96. The molecule has 0 atom stereocenters. The standard InChI is InChI=1S/C20H14N4O2/c25-17-9-2-1-8-16(17)20-23-13-22-19(24-20)14-6-5-7-15(12-14)26-18-10-3-4-11-21-18/h1-13,25H.